The largest absolute Gasteiger partial charge is 0.343 e. The number of nitrogens with one attached hydrogen (secondary N) is 3. The van der Waals surface area contributed by atoms with Crippen LogP contribution in [0.2, 0.25) is 5.02 Å². The molecule has 3 rings (SSSR count). The summed E-state index contributed by atoms with van der Waals surface area (Å²) in [7, 11) is 0. The van der Waals surface area contributed by atoms with Crippen LogP contribution in [0.5, 0.6) is 0 Å². The third-order valence-electron chi connectivity index (χ3n) is 4.19. The molecular weight excluding hydrogens is 410 g/mol. The van der Waals surface area contributed by atoms with Gasteiger partial charge in [0.05, 0.1) is 11.9 Å². The van der Waals surface area contributed by atoms with Gasteiger partial charge in [0.15, 0.2) is 5.69 Å². The SMILES string of the molecule is CCn1nc(C(=O)NNC(=O)CNC(=O)c2cccc(Cl)c2)c2ccccc2c1=O. The summed E-state index contributed by atoms with van der Waals surface area (Å²) >= 11 is 5.83. The highest BCUT2D eigenvalue weighted by Crippen LogP contribution is 2.13. The molecule has 0 aliphatic rings. The molecular formula is C20H18ClN5O4. The lowest BCUT2D eigenvalue weighted by atomic mass is 10.1. The Morgan fingerprint density at radius 1 is 1.00 bits per heavy atom. The van der Waals surface area contributed by atoms with Crippen molar-refractivity contribution >= 4 is 40.1 Å². The van der Waals surface area contributed by atoms with Gasteiger partial charge in [-0.1, -0.05) is 35.9 Å². The summed E-state index contributed by atoms with van der Waals surface area (Å²) in [5.74, 6) is -1.82. The number of hydrazine groups is 1. The third-order valence-corrected chi connectivity index (χ3v) is 4.43. The van der Waals surface area contributed by atoms with Gasteiger partial charge in [0.2, 0.25) is 0 Å². The van der Waals surface area contributed by atoms with Crippen molar-refractivity contribution in [3.05, 3.63) is 75.2 Å². The second kappa shape index (κ2) is 9.19. The van der Waals surface area contributed by atoms with Crippen molar-refractivity contribution in [3.8, 4) is 0 Å². The van der Waals surface area contributed by atoms with Gasteiger partial charge in [0, 0.05) is 22.5 Å². The summed E-state index contributed by atoms with van der Waals surface area (Å²) in [6, 6.07) is 12.8. The molecule has 30 heavy (non-hydrogen) atoms. The van der Waals surface area contributed by atoms with E-state index in [9.17, 15) is 19.2 Å². The summed E-state index contributed by atoms with van der Waals surface area (Å²) in [5, 5.41) is 7.61. The number of fused-ring (bicyclic) bond motifs is 1. The van der Waals surface area contributed by atoms with Crippen LogP contribution in [-0.2, 0) is 11.3 Å². The van der Waals surface area contributed by atoms with E-state index in [4.69, 9.17) is 11.6 Å². The summed E-state index contributed by atoms with van der Waals surface area (Å²) in [6.07, 6.45) is 0. The predicted octanol–water partition coefficient (Wildman–Crippen LogP) is 1.26. The highest BCUT2D eigenvalue weighted by Gasteiger charge is 2.17. The van der Waals surface area contributed by atoms with Gasteiger partial charge in [-0.25, -0.2) is 4.68 Å². The number of amides is 3. The molecule has 2 aromatic carbocycles. The van der Waals surface area contributed by atoms with E-state index in [0.717, 1.165) is 0 Å². The van der Waals surface area contributed by atoms with Gasteiger partial charge in [-0.2, -0.15) is 5.10 Å². The van der Waals surface area contributed by atoms with Crippen LogP contribution < -0.4 is 21.7 Å². The molecule has 0 saturated heterocycles. The topological polar surface area (TPSA) is 122 Å². The van der Waals surface area contributed by atoms with E-state index in [0.29, 0.717) is 21.4 Å². The van der Waals surface area contributed by atoms with Crippen molar-refractivity contribution in [3.63, 3.8) is 0 Å². The average molecular weight is 428 g/mol. The van der Waals surface area contributed by atoms with Crippen molar-refractivity contribution in [1.82, 2.24) is 25.9 Å². The standard InChI is InChI=1S/C20H18ClN5O4/c1-2-26-20(30)15-9-4-3-8-14(15)17(25-26)19(29)24-23-16(27)11-22-18(28)12-6-5-7-13(21)10-12/h3-10H,2,11H2,1H3,(H,22,28)(H,23,27)(H,24,29). The van der Waals surface area contributed by atoms with Crippen LogP contribution in [0.3, 0.4) is 0 Å². The monoisotopic (exact) mass is 427 g/mol. The molecule has 154 valence electrons. The first-order chi connectivity index (χ1) is 14.4. The molecule has 0 spiro atoms. The Labute approximate surface area is 176 Å². The van der Waals surface area contributed by atoms with Crippen molar-refractivity contribution in [2.45, 2.75) is 13.5 Å². The predicted molar refractivity (Wildman–Crippen MR) is 111 cm³/mol. The fourth-order valence-corrected chi connectivity index (χ4v) is 2.93. The van der Waals surface area contributed by atoms with E-state index in [1.807, 2.05) is 0 Å². The molecule has 1 heterocycles. The van der Waals surface area contributed by atoms with Gasteiger partial charge in [-0.3, -0.25) is 30.0 Å². The van der Waals surface area contributed by atoms with Crippen LogP contribution in [0.25, 0.3) is 10.8 Å². The lowest BCUT2D eigenvalue weighted by Gasteiger charge is -2.11. The van der Waals surface area contributed by atoms with E-state index in [1.54, 1.807) is 49.4 Å². The molecule has 0 radical (unpaired) electrons. The Morgan fingerprint density at radius 2 is 1.73 bits per heavy atom. The van der Waals surface area contributed by atoms with Gasteiger partial charge in [0.25, 0.3) is 23.3 Å². The summed E-state index contributed by atoms with van der Waals surface area (Å²) in [4.78, 5) is 48.9. The molecule has 0 atom stereocenters. The highest BCUT2D eigenvalue weighted by molar-refractivity contribution is 6.31. The molecule has 0 aliphatic heterocycles. The molecule has 1 aromatic heterocycles. The lowest BCUT2D eigenvalue weighted by Crippen LogP contribution is -2.47. The smallest absolute Gasteiger partial charge is 0.290 e. The quantitative estimate of drug-likeness (QED) is 0.529. The second-order valence-corrected chi connectivity index (χ2v) is 6.65. The average Bonchev–Trinajstić information content (AvgIpc) is 2.76. The Morgan fingerprint density at radius 3 is 2.43 bits per heavy atom. The van der Waals surface area contributed by atoms with E-state index >= 15 is 0 Å². The van der Waals surface area contributed by atoms with Crippen molar-refractivity contribution in [2.24, 2.45) is 0 Å². The first-order valence-corrected chi connectivity index (χ1v) is 9.41. The minimum absolute atomic E-state index is 0.00434. The van der Waals surface area contributed by atoms with Crippen LogP contribution in [0.1, 0.15) is 27.8 Å². The molecule has 0 fully saturated rings. The summed E-state index contributed by atoms with van der Waals surface area (Å²) in [5.41, 5.74) is 4.45. The van der Waals surface area contributed by atoms with E-state index in [-0.39, 0.29) is 24.3 Å². The number of rotatable bonds is 5. The lowest BCUT2D eigenvalue weighted by molar-refractivity contribution is -0.120. The first kappa shape index (κ1) is 21.0. The Kier molecular flexibility index (Phi) is 6.43. The highest BCUT2D eigenvalue weighted by atomic mass is 35.5. The number of carbonyl (C=O) groups excluding carboxylic acids is 3. The molecule has 3 N–H and O–H groups in total. The number of hydrogen-bond donors (Lipinski definition) is 3. The molecule has 3 amide bonds. The summed E-state index contributed by atoms with van der Waals surface area (Å²) < 4.78 is 1.17. The van der Waals surface area contributed by atoms with E-state index in [2.05, 4.69) is 21.3 Å². The fraction of sp³-hybridized carbons (Fsp3) is 0.150. The number of nitrogens with zero attached hydrogens (tertiary/aromatic N) is 2. The molecule has 10 heteroatoms. The molecule has 0 saturated carbocycles. The second-order valence-electron chi connectivity index (χ2n) is 6.21. The maximum Gasteiger partial charge on any atom is 0.290 e. The summed E-state index contributed by atoms with van der Waals surface area (Å²) in [6.45, 7) is 1.65. The van der Waals surface area contributed by atoms with Crippen LogP contribution in [-0.4, -0.2) is 34.0 Å². The van der Waals surface area contributed by atoms with Gasteiger partial charge in [-0.15, -0.1) is 0 Å². The first-order valence-electron chi connectivity index (χ1n) is 9.03. The Balaban J connectivity index is 1.64. The number of hydrogen-bond acceptors (Lipinski definition) is 5. The van der Waals surface area contributed by atoms with Gasteiger partial charge in [0.1, 0.15) is 0 Å². The number of halogens is 1. The normalized spacial score (nSPS) is 10.5. The van der Waals surface area contributed by atoms with E-state index < -0.39 is 17.7 Å². The third kappa shape index (κ3) is 4.64. The van der Waals surface area contributed by atoms with Gasteiger partial charge >= 0.3 is 0 Å². The van der Waals surface area contributed by atoms with E-state index in [1.165, 1.54) is 10.7 Å². The fourth-order valence-electron chi connectivity index (χ4n) is 2.74. The minimum Gasteiger partial charge on any atom is -0.343 e. The maximum atomic E-state index is 12.5. The van der Waals surface area contributed by atoms with Crippen molar-refractivity contribution in [1.29, 1.82) is 0 Å². The molecule has 0 aliphatic carbocycles. The zero-order valence-electron chi connectivity index (χ0n) is 15.9. The molecule has 3 aromatic rings. The van der Waals surface area contributed by atoms with Crippen molar-refractivity contribution in [2.75, 3.05) is 6.54 Å². The number of aryl methyl sites for hydroxylation is 1. The zero-order chi connectivity index (χ0) is 21.7. The Hall–Kier alpha value is -3.72. The minimum atomic E-state index is -0.692. The van der Waals surface area contributed by atoms with Gasteiger partial charge in [-0.05, 0) is 31.2 Å². The number of carbonyl (C=O) groups is 3. The van der Waals surface area contributed by atoms with Crippen molar-refractivity contribution < 1.29 is 14.4 Å². The van der Waals surface area contributed by atoms with Crippen LogP contribution in [0, 0.1) is 0 Å². The number of aromatic nitrogens is 2. The van der Waals surface area contributed by atoms with Crippen LogP contribution in [0.15, 0.2) is 53.3 Å². The van der Waals surface area contributed by atoms with Crippen LogP contribution in [0.4, 0.5) is 0 Å². The number of benzene rings is 2. The van der Waals surface area contributed by atoms with Crippen LogP contribution >= 0.6 is 11.6 Å². The Bertz CT molecular complexity index is 1190. The molecule has 9 nitrogen and oxygen atoms in total. The molecule has 0 bridgehead atoms. The zero-order valence-corrected chi connectivity index (χ0v) is 16.7. The molecule has 0 unspecified atom stereocenters. The maximum absolute atomic E-state index is 12.5. The van der Waals surface area contributed by atoms with Gasteiger partial charge < -0.3 is 5.32 Å².